The molecule has 2 aromatic rings. The van der Waals surface area contributed by atoms with Gasteiger partial charge in [-0.25, -0.2) is 13.2 Å². The number of rotatable bonds is 4. The maximum absolute atomic E-state index is 14.8. The van der Waals surface area contributed by atoms with E-state index in [4.69, 9.17) is 0 Å². The summed E-state index contributed by atoms with van der Waals surface area (Å²) in [4.78, 5) is 0. The molecule has 2 aromatic carbocycles. The summed E-state index contributed by atoms with van der Waals surface area (Å²) in [5, 5.41) is 0. The van der Waals surface area contributed by atoms with Crippen LogP contribution in [0, 0.1) is 23.4 Å². The second kappa shape index (κ2) is 6.61. The number of hydrogen-bond donors (Lipinski definition) is 0. The summed E-state index contributed by atoms with van der Waals surface area (Å²) in [5.41, 5.74) is 2.47. The second-order valence-corrected chi connectivity index (χ2v) is 6.17. The number of benzene rings is 2. The minimum absolute atomic E-state index is 0.296. The zero-order valence-corrected chi connectivity index (χ0v) is 12.9. The molecule has 0 aromatic heterocycles. The van der Waals surface area contributed by atoms with Crippen LogP contribution in [-0.2, 0) is 12.8 Å². The highest BCUT2D eigenvalue weighted by molar-refractivity contribution is 5.66. The van der Waals surface area contributed by atoms with E-state index < -0.39 is 11.6 Å². The maximum atomic E-state index is 14.8. The van der Waals surface area contributed by atoms with Crippen molar-refractivity contribution in [2.75, 3.05) is 0 Å². The molecule has 0 fully saturated rings. The van der Waals surface area contributed by atoms with Crippen molar-refractivity contribution in [3.05, 3.63) is 71.6 Å². The maximum Gasteiger partial charge on any atom is 0.159 e. The molecule has 0 heterocycles. The van der Waals surface area contributed by atoms with Crippen molar-refractivity contribution < 1.29 is 13.2 Å². The highest BCUT2D eigenvalue weighted by Crippen LogP contribution is 2.34. The van der Waals surface area contributed by atoms with Crippen molar-refractivity contribution in [3.63, 3.8) is 0 Å². The fourth-order valence-electron chi connectivity index (χ4n) is 3.37. The SMILES string of the molecule is C=CCCC1CCc2c(ccc(-c3ccc(F)c(F)c3)c2F)C1. The van der Waals surface area contributed by atoms with Crippen molar-refractivity contribution in [2.45, 2.75) is 32.1 Å². The lowest BCUT2D eigenvalue weighted by molar-refractivity contribution is 0.422. The van der Waals surface area contributed by atoms with Crippen molar-refractivity contribution in [1.29, 1.82) is 0 Å². The third kappa shape index (κ3) is 3.19. The molecule has 3 rings (SSSR count). The Morgan fingerprint density at radius 3 is 2.65 bits per heavy atom. The number of hydrogen-bond acceptors (Lipinski definition) is 0. The largest absolute Gasteiger partial charge is 0.206 e. The van der Waals surface area contributed by atoms with Crippen molar-refractivity contribution in [3.8, 4) is 11.1 Å². The normalized spacial score (nSPS) is 16.9. The van der Waals surface area contributed by atoms with Crippen LogP contribution in [-0.4, -0.2) is 0 Å². The van der Waals surface area contributed by atoms with Gasteiger partial charge in [-0.3, -0.25) is 0 Å². The summed E-state index contributed by atoms with van der Waals surface area (Å²) < 4.78 is 41.3. The molecule has 3 heteroatoms. The van der Waals surface area contributed by atoms with Crippen LogP contribution in [0.1, 0.15) is 30.4 Å². The van der Waals surface area contributed by atoms with Gasteiger partial charge in [-0.1, -0.05) is 24.3 Å². The second-order valence-electron chi connectivity index (χ2n) is 6.17. The Morgan fingerprint density at radius 2 is 1.91 bits per heavy atom. The number of fused-ring (bicyclic) bond motifs is 1. The van der Waals surface area contributed by atoms with Crippen LogP contribution >= 0.6 is 0 Å². The van der Waals surface area contributed by atoms with E-state index in [1.165, 1.54) is 6.07 Å². The molecule has 0 spiro atoms. The average molecular weight is 316 g/mol. The first-order valence-electron chi connectivity index (χ1n) is 7.96. The van der Waals surface area contributed by atoms with Crippen LogP contribution < -0.4 is 0 Å². The molecular formula is C20H19F3. The zero-order chi connectivity index (χ0) is 16.4. The van der Waals surface area contributed by atoms with Crippen LogP contribution in [0.25, 0.3) is 11.1 Å². The molecule has 0 amide bonds. The standard InChI is InChI=1S/C20H19F3/c1-2-3-4-13-5-8-16-14(11-13)6-9-17(20(16)23)15-7-10-18(21)19(22)12-15/h2,6-7,9-10,12-13H,1,3-5,8,11H2. The lowest BCUT2D eigenvalue weighted by Gasteiger charge is -2.25. The van der Waals surface area contributed by atoms with Crippen LogP contribution in [0.4, 0.5) is 13.2 Å². The molecule has 0 radical (unpaired) electrons. The van der Waals surface area contributed by atoms with Gasteiger partial charge in [0, 0.05) is 5.56 Å². The number of halogens is 3. The Labute approximate surface area is 134 Å². The van der Waals surface area contributed by atoms with Crippen molar-refractivity contribution in [2.24, 2.45) is 5.92 Å². The van der Waals surface area contributed by atoms with E-state index in [0.29, 0.717) is 23.5 Å². The van der Waals surface area contributed by atoms with Gasteiger partial charge in [0.15, 0.2) is 11.6 Å². The predicted molar refractivity (Wildman–Crippen MR) is 86.7 cm³/mol. The monoisotopic (exact) mass is 316 g/mol. The van der Waals surface area contributed by atoms with Gasteiger partial charge in [0.2, 0.25) is 0 Å². The van der Waals surface area contributed by atoms with Gasteiger partial charge in [0.05, 0.1) is 0 Å². The third-order valence-corrected chi connectivity index (χ3v) is 4.66. The Hall–Kier alpha value is -2.03. The highest BCUT2D eigenvalue weighted by Gasteiger charge is 2.23. The molecule has 0 aliphatic heterocycles. The summed E-state index contributed by atoms with van der Waals surface area (Å²) in [6.07, 6.45) is 6.50. The Kier molecular flexibility index (Phi) is 4.56. The van der Waals surface area contributed by atoms with Gasteiger partial charge >= 0.3 is 0 Å². The van der Waals surface area contributed by atoms with E-state index in [2.05, 4.69) is 6.58 Å². The first kappa shape index (κ1) is 15.9. The first-order valence-corrected chi connectivity index (χ1v) is 7.96. The smallest absolute Gasteiger partial charge is 0.159 e. The quantitative estimate of drug-likeness (QED) is 0.621. The third-order valence-electron chi connectivity index (χ3n) is 4.66. The zero-order valence-electron chi connectivity index (χ0n) is 12.9. The molecule has 0 bridgehead atoms. The van der Waals surface area contributed by atoms with Gasteiger partial charge in [0.1, 0.15) is 5.82 Å². The lowest BCUT2D eigenvalue weighted by atomic mass is 9.80. The molecule has 120 valence electrons. The van der Waals surface area contributed by atoms with E-state index in [-0.39, 0.29) is 5.82 Å². The summed E-state index contributed by atoms with van der Waals surface area (Å²) in [5.74, 6) is -1.61. The van der Waals surface area contributed by atoms with E-state index in [9.17, 15) is 13.2 Å². The summed E-state index contributed by atoms with van der Waals surface area (Å²) in [6.45, 7) is 3.74. The van der Waals surface area contributed by atoms with Crippen LogP contribution in [0.5, 0.6) is 0 Å². The van der Waals surface area contributed by atoms with Crippen LogP contribution in [0.3, 0.4) is 0 Å². The Bertz CT molecular complexity index is 734. The minimum atomic E-state index is -0.955. The molecule has 1 unspecified atom stereocenters. The van der Waals surface area contributed by atoms with Gasteiger partial charge < -0.3 is 0 Å². The molecule has 23 heavy (non-hydrogen) atoms. The fourth-order valence-corrected chi connectivity index (χ4v) is 3.37. The topological polar surface area (TPSA) is 0 Å². The Morgan fingerprint density at radius 1 is 1.09 bits per heavy atom. The molecule has 0 saturated heterocycles. The van der Waals surface area contributed by atoms with E-state index in [1.54, 1.807) is 6.07 Å². The summed E-state index contributed by atoms with van der Waals surface area (Å²) >= 11 is 0. The van der Waals surface area contributed by atoms with Crippen molar-refractivity contribution >= 4 is 0 Å². The minimum Gasteiger partial charge on any atom is -0.206 e. The number of allylic oxidation sites excluding steroid dienone is 1. The van der Waals surface area contributed by atoms with Crippen LogP contribution in [0.15, 0.2) is 43.0 Å². The molecule has 0 nitrogen and oxygen atoms in total. The molecular weight excluding hydrogens is 297 g/mol. The molecule has 1 aliphatic carbocycles. The highest BCUT2D eigenvalue weighted by atomic mass is 19.2. The average Bonchev–Trinajstić information content (AvgIpc) is 2.56. The van der Waals surface area contributed by atoms with Gasteiger partial charge in [0.25, 0.3) is 0 Å². The van der Waals surface area contributed by atoms with E-state index in [1.807, 2.05) is 12.1 Å². The summed E-state index contributed by atoms with van der Waals surface area (Å²) in [7, 11) is 0. The van der Waals surface area contributed by atoms with Crippen molar-refractivity contribution in [1.82, 2.24) is 0 Å². The molecule has 1 aliphatic rings. The van der Waals surface area contributed by atoms with Crippen LogP contribution in [0.2, 0.25) is 0 Å². The van der Waals surface area contributed by atoms with Gasteiger partial charge in [-0.15, -0.1) is 6.58 Å². The molecule has 0 N–H and O–H groups in total. The predicted octanol–water partition coefficient (Wildman–Crippen LogP) is 5.84. The molecule has 0 saturated carbocycles. The lowest BCUT2D eigenvalue weighted by Crippen LogP contribution is -2.16. The Balaban J connectivity index is 1.91. The molecule has 1 atom stereocenters. The van der Waals surface area contributed by atoms with Gasteiger partial charge in [-0.05, 0) is 66.8 Å². The first-order chi connectivity index (χ1) is 11.1. The summed E-state index contributed by atoms with van der Waals surface area (Å²) in [6, 6.07) is 7.11. The van der Waals surface area contributed by atoms with E-state index >= 15 is 0 Å². The fraction of sp³-hybridized carbons (Fsp3) is 0.300. The van der Waals surface area contributed by atoms with Gasteiger partial charge in [-0.2, -0.15) is 0 Å². The van der Waals surface area contributed by atoms with E-state index in [0.717, 1.165) is 48.9 Å².